The number of hydrogen-bond donors (Lipinski definition) is 2. The van der Waals surface area contributed by atoms with Gasteiger partial charge in [-0.1, -0.05) is 24.3 Å². The molecule has 0 saturated carbocycles. The number of aromatic amines is 1. The minimum atomic E-state index is -0.0472. The van der Waals surface area contributed by atoms with Crippen molar-refractivity contribution in [2.75, 3.05) is 0 Å². The Bertz CT molecular complexity index is 805. The number of aromatic nitrogens is 2. The maximum absolute atomic E-state index is 12.2. The van der Waals surface area contributed by atoms with Gasteiger partial charge < -0.3 is 10.3 Å². The van der Waals surface area contributed by atoms with Crippen LogP contribution in [-0.2, 0) is 6.54 Å². The number of aryl methyl sites for hydroxylation is 2. The fourth-order valence-electron chi connectivity index (χ4n) is 2.40. The molecule has 1 aromatic heterocycles. The molecule has 21 heavy (non-hydrogen) atoms. The van der Waals surface area contributed by atoms with Crippen LogP contribution in [0, 0.1) is 13.8 Å². The summed E-state index contributed by atoms with van der Waals surface area (Å²) in [6.45, 7) is 4.37. The minimum absolute atomic E-state index is 0.0472. The standard InChI is InChI=1S/C17H17N3O/c1-11-5-3-4-6-14(11)17(21)18-10-13-7-8-15-16(9-13)20-12(2)19-15/h3-9H,10H2,1-2H3,(H,18,21)(H,19,20). The van der Waals surface area contributed by atoms with E-state index in [9.17, 15) is 4.79 Å². The molecule has 0 atom stereocenters. The SMILES string of the molecule is Cc1nc2ccc(CNC(=O)c3ccccc3C)cc2[nH]1. The average molecular weight is 279 g/mol. The quantitative estimate of drug-likeness (QED) is 0.774. The van der Waals surface area contributed by atoms with Gasteiger partial charge in [0.15, 0.2) is 0 Å². The number of H-pyrrole nitrogens is 1. The highest BCUT2D eigenvalue weighted by Gasteiger charge is 2.08. The van der Waals surface area contributed by atoms with Crippen LogP contribution in [0.25, 0.3) is 11.0 Å². The van der Waals surface area contributed by atoms with Crippen molar-refractivity contribution in [3.05, 3.63) is 65.0 Å². The van der Waals surface area contributed by atoms with Gasteiger partial charge in [0, 0.05) is 12.1 Å². The first-order valence-electron chi connectivity index (χ1n) is 6.92. The second-order valence-electron chi connectivity index (χ2n) is 5.17. The molecule has 0 aliphatic carbocycles. The van der Waals surface area contributed by atoms with Crippen LogP contribution < -0.4 is 5.32 Å². The number of imidazole rings is 1. The molecule has 0 spiro atoms. The third-order valence-corrected chi connectivity index (χ3v) is 3.51. The molecular weight excluding hydrogens is 262 g/mol. The molecule has 0 aliphatic heterocycles. The Kier molecular flexibility index (Phi) is 3.44. The summed E-state index contributed by atoms with van der Waals surface area (Å²) < 4.78 is 0. The number of fused-ring (bicyclic) bond motifs is 1. The molecule has 4 nitrogen and oxygen atoms in total. The van der Waals surface area contributed by atoms with E-state index in [1.54, 1.807) is 0 Å². The van der Waals surface area contributed by atoms with Crippen molar-refractivity contribution in [1.82, 2.24) is 15.3 Å². The maximum Gasteiger partial charge on any atom is 0.251 e. The van der Waals surface area contributed by atoms with Gasteiger partial charge in [-0.15, -0.1) is 0 Å². The zero-order valence-electron chi connectivity index (χ0n) is 12.1. The third-order valence-electron chi connectivity index (χ3n) is 3.51. The lowest BCUT2D eigenvalue weighted by Gasteiger charge is -2.07. The molecule has 0 bridgehead atoms. The summed E-state index contributed by atoms with van der Waals surface area (Å²) in [4.78, 5) is 19.7. The Morgan fingerprint density at radius 2 is 2.00 bits per heavy atom. The molecule has 1 amide bonds. The first-order valence-corrected chi connectivity index (χ1v) is 6.92. The minimum Gasteiger partial charge on any atom is -0.348 e. The van der Waals surface area contributed by atoms with Gasteiger partial charge in [-0.3, -0.25) is 4.79 Å². The Morgan fingerprint density at radius 3 is 2.81 bits per heavy atom. The van der Waals surface area contributed by atoms with E-state index in [1.165, 1.54) is 0 Å². The number of carbonyl (C=O) groups is 1. The Labute approximate surface area is 123 Å². The van der Waals surface area contributed by atoms with Crippen LogP contribution in [0.2, 0.25) is 0 Å². The number of benzene rings is 2. The molecule has 2 aromatic carbocycles. The summed E-state index contributed by atoms with van der Waals surface area (Å²) in [5, 5.41) is 2.95. The van der Waals surface area contributed by atoms with Crippen molar-refractivity contribution >= 4 is 16.9 Å². The van der Waals surface area contributed by atoms with E-state index in [2.05, 4.69) is 15.3 Å². The van der Waals surface area contributed by atoms with Crippen LogP contribution in [-0.4, -0.2) is 15.9 Å². The molecule has 106 valence electrons. The highest BCUT2D eigenvalue weighted by atomic mass is 16.1. The number of nitrogens with zero attached hydrogens (tertiary/aromatic N) is 1. The Balaban J connectivity index is 1.74. The van der Waals surface area contributed by atoms with Gasteiger partial charge in [-0.25, -0.2) is 4.98 Å². The molecule has 0 unspecified atom stereocenters. The maximum atomic E-state index is 12.2. The zero-order chi connectivity index (χ0) is 14.8. The van der Waals surface area contributed by atoms with Crippen LogP contribution in [0.5, 0.6) is 0 Å². The smallest absolute Gasteiger partial charge is 0.251 e. The van der Waals surface area contributed by atoms with Crippen molar-refractivity contribution in [2.45, 2.75) is 20.4 Å². The van der Waals surface area contributed by atoms with E-state index in [1.807, 2.05) is 56.3 Å². The largest absolute Gasteiger partial charge is 0.348 e. The molecule has 0 radical (unpaired) electrons. The van der Waals surface area contributed by atoms with E-state index in [0.29, 0.717) is 6.54 Å². The average Bonchev–Trinajstić information content (AvgIpc) is 2.84. The number of nitrogens with one attached hydrogen (secondary N) is 2. The third kappa shape index (κ3) is 2.79. The lowest BCUT2D eigenvalue weighted by molar-refractivity contribution is 0.0950. The highest BCUT2D eigenvalue weighted by Crippen LogP contribution is 2.14. The first kappa shape index (κ1) is 13.4. The Hall–Kier alpha value is -2.62. The van der Waals surface area contributed by atoms with Crippen LogP contribution in [0.3, 0.4) is 0 Å². The molecule has 2 N–H and O–H groups in total. The summed E-state index contributed by atoms with van der Waals surface area (Å²) in [5.41, 5.74) is 4.69. The molecule has 4 heteroatoms. The predicted molar refractivity (Wildman–Crippen MR) is 83.2 cm³/mol. The van der Waals surface area contributed by atoms with Gasteiger partial charge in [0.1, 0.15) is 5.82 Å². The van der Waals surface area contributed by atoms with Gasteiger partial charge in [-0.2, -0.15) is 0 Å². The molecule has 1 heterocycles. The first-order chi connectivity index (χ1) is 10.1. The molecular formula is C17H17N3O. The zero-order valence-corrected chi connectivity index (χ0v) is 12.1. The number of rotatable bonds is 3. The number of amides is 1. The van der Waals surface area contributed by atoms with Gasteiger partial charge in [0.25, 0.3) is 5.91 Å². The van der Waals surface area contributed by atoms with E-state index >= 15 is 0 Å². The van der Waals surface area contributed by atoms with Gasteiger partial charge >= 0.3 is 0 Å². The summed E-state index contributed by atoms with van der Waals surface area (Å²) in [5.74, 6) is 0.847. The fraction of sp³-hybridized carbons (Fsp3) is 0.176. The van der Waals surface area contributed by atoms with Gasteiger partial charge in [0.05, 0.1) is 11.0 Å². The van der Waals surface area contributed by atoms with Crippen LogP contribution >= 0.6 is 0 Å². The van der Waals surface area contributed by atoms with E-state index < -0.39 is 0 Å². The van der Waals surface area contributed by atoms with Gasteiger partial charge in [-0.05, 0) is 43.2 Å². The highest BCUT2D eigenvalue weighted by molar-refractivity contribution is 5.95. The van der Waals surface area contributed by atoms with Crippen molar-refractivity contribution < 1.29 is 4.79 Å². The summed E-state index contributed by atoms with van der Waals surface area (Å²) in [6, 6.07) is 13.6. The van der Waals surface area contributed by atoms with Crippen molar-refractivity contribution in [3.8, 4) is 0 Å². The molecule has 0 fully saturated rings. The molecule has 0 saturated heterocycles. The van der Waals surface area contributed by atoms with Crippen LogP contribution in [0.15, 0.2) is 42.5 Å². The Morgan fingerprint density at radius 1 is 1.19 bits per heavy atom. The molecule has 3 aromatic rings. The van der Waals surface area contributed by atoms with Crippen molar-refractivity contribution in [2.24, 2.45) is 0 Å². The lowest BCUT2D eigenvalue weighted by atomic mass is 10.1. The second kappa shape index (κ2) is 5.40. The summed E-state index contributed by atoms with van der Waals surface area (Å²) in [7, 11) is 0. The topological polar surface area (TPSA) is 57.8 Å². The van der Waals surface area contributed by atoms with E-state index in [0.717, 1.165) is 33.5 Å². The molecule has 3 rings (SSSR count). The monoisotopic (exact) mass is 279 g/mol. The second-order valence-corrected chi connectivity index (χ2v) is 5.17. The lowest BCUT2D eigenvalue weighted by Crippen LogP contribution is -2.23. The van der Waals surface area contributed by atoms with Crippen molar-refractivity contribution in [3.63, 3.8) is 0 Å². The predicted octanol–water partition coefficient (Wildman–Crippen LogP) is 3.11. The van der Waals surface area contributed by atoms with Crippen LogP contribution in [0.4, 0.5) is 0 Å². The fourth-order valence-corrected chi connectivity index (χ4v) is 2.40. The van der Waals surface area contributed by atoms with E-state index in [4.69, 9.17) is 0 Å². The number of carbonyl (C=O) groups excluding carboxylic acids is 1. The van der Waals surface area contributed by atoms with Crippen LogP contribution in [0.1, 0.15) is 27.3 Å². The van der Waals surface area contributed by atoms with Crippen molar-refractivity contribution in [1.29, 1.82) is 0 Å². The summed E-state index contributed by atoms with van der Waals surface area (Å²) >= 11 is 0. The number of hydrogen-bond acceptors (Lipinski definition) is 2. The van der Waals surface area contributed by atoms with Gasteiger partial charge in [0.2, 0.25) is 0 Å². The summed E-state index contributed by atoms with van der Waals surface area (Å²) in [6.07, 6.45) is 0. The molecule has 0 aliphatic rings. The normalized spacial score (nSPS) is 10.8. The van der Waals surface area contributed by atoms with E-state index in [-0.39, 0.29) is 5.91 Å².